The Morgan fingerprint density at radius 3 is 1.80 bits per heavy atom. The molecule has 0 bridgehead atoms. The molecule has 0 saturated heterocycles. The van der Waals surface area contributed by atoms with E-state index in [4.69, 9.17) is 17.4 Å². The molecule has 0 aliphatic rings. The molecule has 0 heterocycles. The molecule has 5 nitrogen and oxygen atoms in total. The van der Waals surface area contributed by atoms with Crippen LogP contribution in [-0.4, -0.2) is 34.1 Å². The second kappa shape index (κ2) is 9.85. The number of rotatable bonds is 8. The summed E-state index contributed by atoms with van der Waals surface area (Å²) in [6.07, 6.45) is 0. The lowest BCUT2D eigenvalue weighted by molar-refractivity contribution is 0.0743. The van der Waals surface area contributed by atoms with Crippen molar-refractivity contribution in [2.45, 2.75) is 26.9 Å². The standard InChI is InChI=1S/C24H26ClN3O2/c1-3-27(4-2)15-17-5-7-22-14-18(6-8-21(22)13-17)16-28(26)24(30)20-11-9-19(10-12-20)23(25)29/h5-14H,3-4,15-16,26H2,1-2H3. The van der Waals surface area contributed by atoms with Gasteiger partial charge in [0.2, 0.25) is 0 Å². The molecule has 0 spiro atoms. The quantitative estimate of drug-likeness (QED) is 0.249. The zero-order valence-corrected chi connectivity index (χ0v) is 18.0. The molecular formula is C24H26ClN3O2. The third kappa shape index (κ3) is 5.25. The normalized spacial score (nSPS) is 11.1. The van der Waals surface area contributed by atoms with Gasteiger partial charge in [-0.2, -0.15) is 0 Å². The first-order chi connectivity index (χ1) is 14.4. The van der Waals surface area contributed by atoms with Crippen LogP contribution in [0, 0.1) is 0 Å². The summed E-state index contributed by atoms with van der Waals surface area (Å²) in [4.78, 5) is 26.1. The smallest absolute Gasteiger partial charge is 0.268 e. The van der Waals surface area contributed by atoms with E-state index in [9.17, 15) is 9.59 Å². The highest BCUT2D eigenvalue weighted by atomic mass is 35.5. The van der Waals surface area contributed by atoms with E-state index >= 15 is 0 Å². The number of fused-ring (bicyclic) bond motifs is 1. The first kappa shape index (κ1) is 22.0. The van der Waals surface area contributed by atoms with Crippen molar-refractivity contribution in [3.63, 3.8) is 0 Å². The first-order valence-corrected chi connectivity index (χ1v) is 10.4. The lowest BCUT2D eigenvalue weighted by Gasteiger charge is -2.19. The van der Waals surface area contributed by atoms with Crippen LogP contribution < -0.4 is 5.84 Å². The van der Waals surface area contributed by atoms with Crippen molar-refractivity contribution in [2.24, 2.45) is 5.84 Å². The molecule has 0 aromatic heterocycles. The fraction of sp³-hybridized carbons (Fsp3) is 0.250. The number of carbonyl (C=O) groups excluding carboxylic acids is 2. The molecule has 0 atom stereocenters. The van der Waals surface area contributed by atoms with E-state index in [2.05, 4.69) is 49.1 Å². The number of benzene rings is 3. The van der Waals surface area contributed by atoms with Crippen LogP contribution in [0.15, 0.2) is 60.7 Å². The highest BCUT2D eigenvalue weighted by molar-refractivity contribution is 6.67. The number of amides is 1. The van der Waals surface area contributed by atoms with E-state index in [0.29, 0.717) is 11.1 Å². The van der Waals surface area contributed by atoms with Gasteiger partial charge in [-0.25, -0.2) is 5.84 Å². The monoisotopic (exact) mass is 423 g/mol. The fourth-order valence-electron chi connectivity index (χ4n) is 3.42. The van der Waals surface area contributed by atoms with Crippen LogP contribution in [0.5, 0.6) is 0 Å². The number of halogens is 1. The van der Waals surface area contributed by atoms with Crippen molar-refractivity contribution in [2.75, 3.05) is 13.1 Å². The average molecular weight is 424 g/mol. The van der Waals surface area contributed by atoms with E-state index in [0.717, 1.165) is 30.6 Å². The predicted molar refractivity (Wildman–Crippen MR) is 121 cm³/mol. The zero-order chi connectivity index (χ0) is 21.7. The van der Waals surface area contributed by atoms with Crippen molar-refractivity contribution in [1.29, 1.82) is 0 Å². The average Bonchev–Trinajstić information content (AvgIpc) is 2.76. The molecule has 3 aromatic rings. The number of nitrogens with two attached hydrogens (primary N) is 1. The third-order valence-electron chi connectivity index (χ3n) is 5.24. The van der Waals surface area contributed by atoms with E-state index in [1.807, 2.05) is 6.07 Å². The van der Waals surface area contributed by atoms with Crippen LogP contribution in [-0.2, 0) is 13.1 Å². The largest absolute Gasteiger partial charge is 0.300 e. The summed E-state index contributed by atoms with van der Waals surface area (Å²) in [6, 6.07) is 18.7. The van der Waals surface area contributed by atoms with Crippen LogP contribution in [0.2, 0.25) is 0 Å². The highest BCUT2D eigenvalue weighted by Gasteiger charge is 2.14. The summed E-state index contributed by atoms with van der Waals surface area (Å²) in [6.45, 7) is 7.61. The first-order valence-electron chi connectivity index (χ1n) is 10.0. The molecular weight excluding hydrogens is 398 g/mol. The molecule has 30 heavy (non-hydrogen) atoms. The van der Waals surface area contributed by atoms with Gasteiger partial charge in [0.25, 0.3) is 11.1 Å². The van der Waals surface area contributed by atoms with Gasteiger partial charge in [0.15, 0.2) is 0 Å². The van der Waals surface area contributed by atoms with Crippen LogP contribution >= 0.6 is 11.6 Å². The van der Waals surface area contributed by atoms with Gasteiger partial charge in [-0.15, -0.1) is 0 Å². The second-order valence-electron chi connectivity index (χ2n) is 7.26. The van der Waals surface area contributed by atoms with E-state index in [-0.39, 0.29) is 12.5 Å². The minimum atomic E-state index is -0.560. The predicted octanol–water partition coefficient (Wildman–Crippen LogP) is 4.58. The maximum Gasteiger partial charge on any atom is 0.268 e. The summed E-state index contributed by atoms with van der Waals surface area (Å²) in [5, 5.41) is 2.89. The van der Waals surface area contributed by atoms with Gasteiger partial charge >= 0.3 is 0 Å². The SMILES string of the molecule is CCN(CC)Cc1ccc2cc(CN(N)C(=O)c3ccc(C(=O)Cl)cc3)ccc2c1. The van der Waals surface area contributed by atoms with E-state index in [1.165, 1.54) is 28.1 Å². The molecule has 3 aromatic carbocycles. The molecule has 3 rings (SSSR count). The topological polar surface area (TPSA) is 66.6 Å². The number of hydrazine groups is 1. The Labute approximate surface area is 182 Å². The fourth-order valence-corrected chi connectivity index (χ4v) is 3.55. The lowest BCUT2D eigenvalue weighted by Crippen LogP contribution is -2.36. The molecule has 0 aliphatic heterocycles. The van der Waals surface area contributed by atoms with E-state index in [1.54, 1.807) is 12.1 Å². The van der Waals surface area contributed by atoms with Gasteiger partial charge in [0.05, 0.1) is 6.54 Å². The Morgan fingerprint density at radius 1 is 0.800 bits per heavy atom. The second-order valence-corrected chi connectivity index (χ2v) is 7.60. The van der Waals surface area contributed by atoms with Crippen molar-refractivity contribution < 1.29 is 9.59 Å². The van der Waals surface area contributed by atoms with Gasteiger partial charge < -0.3 is 0 Å². The zero-order valence-electron chi connectivity index (χ0n) is 17.3. The molecule has 0 aliphatic carbocycles. The van der Waals surface area contributed by atoms with Crippen molar-refractivity contribution in [3.05, 3.63) is 82.9 Å². The Hall–Kier alpha value is -2.73. The molecule has 0 fully saturated rings. The summed E-state index contributed by atoms with van der Waals surface area (Å²) in [5.41, 5.74) is 2.98. The van der Waals surface area contributed by atoms with Gasteiger partial charge in [0.1, 0.15) is 0 Å². The molecule has 0 radical (unpaired) electrons. The van der Waals surface area contributed by atoms with Crippen molar-refractivity contribution in [1.82, 2.24) is 9.91 Å². The van der Waals surface area contributed by atoms with Gasteiger partial charge in [-0.1, -0.05) is 38.1 Å². The van der Waals surface area contributed by atoms with Crippen molar-refractivity contribution in [3.8, 4) is 0 Å². The summed E-state index contributed by atoms with van der Waals surface area (Å²) in [7, 11) is 0. The maximum absolute atomic E-state index is 12.6. The molecule has 1 amide bonds. The van der Waals surface area contributed by atoms with E-state index < -0.39 is 5.24 Å². The van der Waals surface area contributed by atoms with Crippen LogP contribution in [0.1, 0.15) is 45.7 Å². The number of hydrogen-bond donors (Lipinski definition) is 1. The van der Waals surface area contributed by atoms with Gasteiger partial charge in [-0.05, 0) is 83.0 Å². The van der Waals surface area contributed by atoms with Crippen LogP contribution in [0.4, 0.5) is 0 Å². The molecule has 156 valence electrons. The van der Waals surface area contributed by atoms with Crippen LogP contribution in [0.25, 0.3) is 10.8 Å². The van der Waals surface area contributed by atoms with Gasteiger partial charge in [-0.3, -0.25) is 19.5 Å². The van der Waals surface area contributed by atoms with Crippen LogP contribution in [0.3, 0.4) is 0 Å². The number of carbonyl (C=O) groups is 2. The lowest BCUT2D eigenvalue weighted by atomic mass is 10.0. The third-order valence-corrected chi connectivity index (χ3v) is 5.46. The maximum atomic E-state index is 12.6. The number of nitrogens with zero attached hydrogens (tertiary/aromatic N) is 2. The summed E-state index contributed by atoms with van der Waals surface area (Å²) in [5.74, 6) is 5.70. The highest BCUT2D eigenvalue weighted by Crippen LogP contribution is 2.20. The Morgan fingerprint density at radius 2 is 1.30 bits per heavy atom. The van der Waals surface area contributed by atoms with Gasteiger partial charge in [0, 0.05) is 17.7 Å². The Balaban J connectivity index is 1.71. The van der Waals surface area contributed by atoms with Crippen molar-refractivity contribution >= 4 is 33.5 Å². The summed E-state index contributed by atoms with van der Waals surface area (Å²) >= 11 is 5.44. The Bertz CT molecular complexity index is 1050. The minimum Gasteiger partial charge on any atom is -0.300 e. The molecule has 2 N–H and O–H groups in total. The molecule has 0 saturated carbocycles. The molecule has 0 unspecified atom stereocenters. The number of hydrogen-bond acceptors (Lipinski definition) is 4. The minimum absolute atomic E-state index is 0.284. The molecule has 6 heteroatoms. The summed E-state index contributed by atoms with van der Waals surface area (Å²) < 4.78 is 0. The Kier molecular flexibility index (Phi) is 7.21.